The Kier molecular flexibility index (Phi) is 2.74. The van der Waals surface area contributed by atoms with E-state index in [1.165, 1.54) is 6.33 Å². The summed E-state index contributed by atoms with van der Waals surface area (Å²) in [5, 5.41) is 3.02. The number of fused-ring (bicyclic) bond motifs is 1. The maximum Gasteiger partial charge on any atom is 0.249 e. The molecule has 0 bridgehead atoms. The molecule has 2 amide bonds. The molecule has 102 valence electrons. The minimum Gasteiger partial charge on any atom is -0.399 e. The number of nitrogen functional groups attached to an aromatic ring is 1. The summed E-state index contributed by atoms with van der Waals surface area (Å²) in [5.41, 5.74) is 7.09. The molecule has 1 aliphatic heterocycles. The highest BCUT2D eigenvalue weighted by Crippen LogP contribution is 2.26. The Hall–Kier alpha value is -2.70. The minimum atomic E-state index is -0.479. The number of rotatable bonds is 1. The lowest BCUT2D eigenvalue weighted by Gasteiger charge is -2.33. The molecular weight excluding hydrogens is 258 g/mol. The van der Waals surface area contributed by atoms with Crippen LogP contribution in [0.25, 0.3) is 10.9 Å². The second kappa shape index (κ2) is 4.44. The van der Waals surface area contributed by atoms with Gasteiger partial charge in [-0.1, -0.05) is 0 Å². The lowest BCUT2D eigenvalue weighted by molar-refractivity contribution is -0.132. The van der Waals surface area contributed by atoms with E-state index in [2.05, 4.69) is 15.3 Å². The molecule has 1 aromatic heterocycles. The number of benzene rings is 1. The fourth-order valence-corrected chi connectivity index (χ4v) is 2.26. The maximum absolute atomic E-state index is 11.7. The van der Waals surface area contributed by atoms with Crippen molar-refractivity contribution in [3.05, 3.63) is 24.5 Å². The standard InChI is InChI=1S/C13H13N5O2/c1-7-13(20)17-11(19)5-18(7)12-9-4-8(14)2-3-10(9)15-6-16-12/h2-4,6-7H,5,14H2,1H3,(H,17,19,20). The van der Waals surface area contributed by atoms with Gasteiger partial charge in [-0.3, -0.25) is 14.9 Å². The third kappa shape index (κ3) is 1.93. The SMILES string of the molecule is CC1C(=O)NC(=O)CN1c1ncnc2ccc(N)cc12. The van der Waals surface area contributed by atoms with Crippen molar-refractivity contribution >= 4 is 34.2 Å². The van der Waals surface area contributed by atoms with Gasteiger partial charge in [0.1, 0.15) is 18.2 Å². The molecule has 0 radical (unpaired) electrons. The molecule has 3 rings (SSSR count). The monoisotopic (exact) mass is 271 g/mol. The van der Waals surface area contributed by atoms with E-state index in [9.17, 15) is 9.59 Å². The van der Waals surface area contributed by atoms with Crippen LogP contribution in [0.2, 0.25) is 0 Å². The van der Waals surface area contributed by atoms with Crippen molar-refractivity contribution in [2.24, 2.45) is 0 Å². The Labute approximate surface area is 114 Å². The first-order valence-electron chi connectivity index (χ1n) is 6.17. The maximum atomic E-state index is 11.7. The van der Waals surface area contributed by atoms with Gasteiger partial charge in [-0.05, 0) is 25.1 Å². The summed E-state index contributed by atoms with van der Waals surface area (Å²) in [6.45, 7) is 1.80. The zero-order valence-electron chi connectivity index (χ0n) is 10.8. The van der Waals surface area contributed by atoms with Crippen molar-refractivity contribution in [1.29, 1.82) is 0 Å². The number of aromatic nitrogens is 2. The molecule has 1 aromatic carbocycles. The van der Waals surface area contributed by atoms with E-state index in [1.54, 1.807) is 30.0 Å². The van der Waals surface area contributed by atoms with E-state index in [0.717, 1.165) is 10.9 Å². The van der Waals surface area contributed by atoms with Crippen LogP contribution < -0.4 is 16.0 Å². The van der Waals surface area contributed by atoms with Crippen LogP contribution in [-0.2, 0) is 9.59 Å². The van der Waals surface area contributed by atoms with Crippen LogP contribution in [-0.4, -0.2) is 34.4 Å². The molecule has 0 spiro atoms. The highest BCUT2D eigenvalue weighted by molar-refractivity contribution is 6.06. The topological polar surface area (TPSA) is 101 Å². The van der Waals surface area contributed by atoms with Crippen molar-refractivity contribution in [3.63, 3.8) is 0 Å². The minimum absolute atomic E-state index is 0.0772. The molecule has 1 aliphatic rings. The highest BCUT2D eigenvalue weighted by atomic mass is 16.2. The number of anilines is 2. The zero-order valence-corrected chi connectivity index (χ0v) is 10.8. The number of hydrogen-bond donors (Lipinski definition) is 2. The Morgan fingerprint density at radius 3 is 2.95 bits per heavy atom. The van der Waals surface area contributed by atoms with Crippen molar-refractivity contribution < 1.29 is 9.59 Å². The van der Waals surface area contributed by atoms with Crippen LogP contribution in [0.4, 0.5) is 11.5 Å². The number of imide groups is 1. The lowest BCUT2D eigenvalue weighted by atomic mass is 10.1. The Bertz CT molecular complexity index is 715. The first-order valence-corrected chi connectivity index (χ1v) is 6.17. The van der Waals surface area contributed by atoms with Gasteiger partial charge in [-0.2, -0.15) is 0 Å². The van der Waals surface area contributed by atoms with E-state index < -0.39 is 6.04 Å². The molecule has 1 fully saturated rings. The number of nitrogens with two attached hydrogens (primary N) is 1. The number of nitrogens with one attached hydrogen (secondary N) is 1. The van der Waals surface area contributed by atoms with Gasteiger partial charge in [0.25, 0.3) is 0 Å². The van der Waals surface area contributed by atoms with Crippen LogP contribution in [0.3, 0.4) is 0 Å². The number of nitrogens with zero attached hydrogens (tertiary/aromatic N) is 3. The quantitative estimate of drug-likeness (QED) is 0.562. The Morgan fingerprint density at radius 2 is 2.15 bits per heavy atom. The summed E-state index contributed by atoms with van der Waals surface area (Å²) < 4.78 is 0. The van der Waals surface area contributed by atoms with Gasteiger partial charge in [0, 0.05) is 11.1 Å². The van der Waals surface area contributed by atoms with E-state index >= 15 is 0 Å². The summed E-state index contributed by atoms with van der Waals surface area (Å²) in [5.74, 6) is -0.140. The number of hydrogen-bond acceptors (Lipinski definition) is 6. The van der Waals surface area contributed by atoms with Gasteiger partial charge >= 0.3 is 0 Å². The molecule has 2 heterocycles. The van der Waals surface area contributed by atoms with Crippen LogP contribution in [0, 0.1) is 0 Å². The molecule has 7 nitrogen and oxygen atoms in total. The van der Waals surface area contributed by atoms with Gasteiger partial charge < -0.3 is 10.6 Å². The Balaban J connectivity index is 2.15. The van der Waals surface area contributed by atoms with Crippen molar-refractivity contribution in [2.75, 3.05) is 17.2 Å². The predicted octanol–water partition coefficient (Wildman–Crippen LogP) is 0.0633. The van der Waals surface area contributed by atoms with Gasteiger partial charge in [-0.15, -0.1) is 0 Å². The first-order chi connectivity index (χ1) is 9.56. The fraction of sp³-hybridized carbons (Fsp3) is 0.231. The van der Waals surface area contributed by atoms with Crippen molar-refractivity contribution in [2.45, 2.75) is 13.0 Å². The highest BCUT2D eigenvalue weighted by Gasteiger charge is 2.32. The second-order valence-corrected chi connectivity index (χ2v) is 4.69. The molecule has 0 aliphatic carbocycles. The number of carbonyl (C=O) groups is 2. The summed E-state index contributed by atoms with van der Waals surface area (Å²) in [6, 6.07) is 4.80. The third-order valence-corrected chi connectivity index (χ3v) is 3.33. The fourth-order valence-electron chi connectivity index (χ4n) is 2.26. The number of carbonyl (C=O) groups excluding carboxylic acids is 2. The Morgan fingerprint density at radius 1 is 1.35 bits per heavy atom. The lowest BCUT2D eigenvalue weighted by Crippen LogP contribution is -2.57. The van der Waals surface area contributed by atoms with E-state index in [-0.39, 0.29) is 18.4 Å². The summed E-state index contributed by atoms with van der Waals surface area (Å²) in [6.07, 6.45) is 1.41. The molecule has 20 heavy (non-hydrogen) atoms. The van der Waals surface area contributed by atoms with Crippen molar-refractivity contribution in [3.8, 4) is 0 Å². The van der Waals surface area contributed by atoms with Gasteiger partial charge in [0.2, 0.25) is 11.8 Å². The van der Waals surface area contributed by atoms with Crippen LogP contribution in [0.5, 0.6) is 0 Å². The predicted molar refractivity (Wildman–Crippen MR) is 73.9 cm³/mol. The third-order valence-electron chi connectivity index (χ3n) is 3.33. The number of piperazine rings is 1. The molecule has 1 unspecified atom stereocenters. The molecule has 0 saturated carbocycles. The molecule has 2 aromatic rings. The molecular formula is C13H13N5O2. The first kappa shape index (κ1) is 12.3. The van der Waals surface area contributed by atoms with Crippen LogP contribution in [0.1, 0.15) is 6.92 Å². The normalized spacial score (nSPS) is 19.2. The van der Waals surface area contributed by atoms with Crippen LogP contribution >= 0.6 is 0 Å². The molecule has 1 atom stereocenters. The summed E-state index contributed by atoms with van der Waals surface area (Å²) in [4.78, 5) is 33.4. The smallest absolute Gasteiger partial charge is 0.249 e. The number of amides is 2. The van der Waals surface area contributed by atoms with Gasteiger partial charge in [0.05, 0.1) is 12.1 Å². The van der Waals surface area contributed by atoms with Gasteiger partial charge in [-0.25, -0.2) is 9.97 Å². The average Bonchev–Trinajstić information content (AvgIpc) is 2.42. The van der Waals surface area contributed by atoms with E-state index in [1.807, 2.05) is 0 Å². The summed E-state index contributed by atoms with van der Waals surface area (Å²) >= 11 is 0. The zero-order chi connectivity index (χ0) is 14.3. The molecule has 7 heteroatoms. The van der Waals surface area contributed by atoms with Crippen LogP contribution in [0.15, 0.2) is 24.5 Å². The van der Waals surface area contributed by atoms with Gasteiger partial charge in [0.15, 0.2) is 0 Å². The second-order valence-electron chi connectivity index (χ2n) is 4.69. The van der Waals surface area contributed by atoms with Crippen molar-refractivity contribution in [1.82, 2.24) is 15.3 Å². The largest absolute Gasteiger partial charge is 0.399 e. The molecule has 1 saturated heterocycles. The molecule has 3 N–H and O–H groups in total. The summed E-state index contributed by atoms with van der Waals surface area (Å²) in [7, 11) is 0. The average molecular weight is 271 g/mol. The van der Waals surface area contributed by atoms with E-state index in [0.29, 0.717) is 11.5 Å². The van der Waals surface area contributed by atoms with E-state index in [4.69, 9.17) is 5.73 Å².